The average Bonchev–Trinajstić information content (AvgIpc) is 2.73. The second-order valence-electron chi connectivity index (χ2n) is 7.75. The van der Waals surface area contributed by atoms with Crippen LogP contribution in [0.2, 0.25) is 0 Å². The molecule has 3 rings (SSSR count). The summed E-state index contributed by atoms with van der Waals surface area (Å²) in [5, 5.41) is 18.7. The molecule has 0 fully saturated rings. The molecule has 4 heteroatoms. The third-order valence-corrected chi connectivity index (χ3v) is 5.08. The maximum Gasteiger partial charge on any atom is 0.115 e. The van der Waals surface area contributed by atoms with Gasteiger partial charge >= 0.3 is 0 Å². The maximum atomic E-state index is 9.48. The van der Waals surface area contributed by atoms with Gasteiger partial charge in [0, 0.05) is 11.4 Å². The van der Waals surface area contributed by atoms with Gasteiger partial charge in [-0.1, -0.05) is 61.2 Å². The van der Waals surface area contributed by atoms with Gasteiger partial charge in [-0.15, -0.1) is 0 Å². The van der Waals surface area contributed by atoms with Crippen molar-refractivity contribution in [2.24, 2.45) is 0 Å². The number of phenolic OH excluding ortho intramolecular Hbond substituents is 1. The number of benzene rings is 3. The van der Waals surface area contributed by atoms with Crippen LogP contribution in [-0.2, 0) is 19.3 Å². The summed E-state index contributed by atoms with van der Waals surface area (Å²) in [6.07, 6.45) is 5.31. The molecule has 6 N–H and O–H groups in total. The number of phenols is 1. The number of rotatable bonds is 8. The van der Waals surface area contributed by atoms with Crippen LogP contribution in [0.25, 0.3) is 0 Å². The van der Waals surface area contributed by atoms with E-state index in [-0.39, 0.29) is 11.5 Å². The van der Waals surface area contributed by atoms with Crippen molar-refractivity contribution in [2.45, 2.75) is 19.3 Å². The molecule has 0 spiro atoms. The minimum atomic E-state index is -0.00525. The first-order chi connectivity index (χ1) is 14.8. The number of allylic oxidation sites excluding steroid dienone is 3. The van der Waals surface area contributed by atoms with Gasteiger partial charge < -0.3 is 21.7 Å². The van der Waals surface area contributed by atoms with Crippen LogP contribution < -0.4 is 11.5 Å². The molecule has 0 aliphatic rings. The summed E-state index contributed by atoms with van der Waals surface area (Å²) in [7, 11) is 0. The Hall–Kier alpha value is -3.92. The van der Waals surface area contributed by atoms with Crippen LogP contribution in [0.4, 0.5) is 11.4 Å². The number of nitrogen functional groups attached to an aromatic ring is 2. The summed E-state index contributed by atoms with van der Waals surface area (Å²) in [6.45, 7) is 7.46. The van der Waals surface area contributed by atoms with E-state index in [1.165, 1.54) is 6.08 Å². The fourth-order valence-corrected chi connectivity index (χ4v) is 3.43. The van der Waals surface area contributed by atoms with Crippen LogP contribution in [0.3, 0.4) is 0 Å². The first-order valence-corrected chi connectivity index (χ1v) is 10.1. The summed E-state index contributed by atoms with van der Waals surface area (Å²) < 4.78 is 0. The molecule has 0 bridgehead atoms. The lowest BCUT2D eigenvalue weighted by Crippen LogP contribution is -2.00. The van der Waals surface area contributed by atoms with Gasteiger partial charge in [0.05, 0.1) is 0 Å². The van der Waals surface area contributed by atoms with Gasteiger partial charge in [-0.3, -0.25) is 0 Å². The predicted octanol–water partition coefficient (Wildman–Crippen LogP) is 5.46. The normalized spacial score (nSPS) is 11.0. The van der Waals surface area contributed by atoms with E-state index in [0.29, 0.717) is 18.5 Å². The smallest absolute Gasteiger partial charge is 0.115 e. The van der Waals surface area contributed by atoms with E-state index in [2.05, 4.69) is 25.3 Å². The van der Waals surface area contributed by atoms with Crippen molar-refractivity contribution in [3.8, 4) is 5.75 Å². The largest absolute Gasteiger partial charge is 0.509 e. The number of aliphatic hydroxyl groups is 1. The molecular weight excluding hydrogens is 384 g/mol. The molecule has 0 aromatic heterocycles. The Morgan fingerprint density at radius 3 is 1.90 bits per heavy atom. The molecule has 0 aliphatic heterocycles. The number of nitrogens with two attached hydrogens (primary N) is 2. The topological polar surface area (TPSA) is 92.5 Å². The molecule has 0 atom stereocenters. The summed E-state index contributed by atoms with van der Waals surface area (Å²) in [6, 6.07) is 19.3. The molecule has 31 heavy (non-hydrogen) atoms. The van der Waals surface area contributed by atoms with Crippen molar-refractivity contribution in [1.82, 2.24) is 0 Å². The summed E-state index contributed by atoms with van der Waals surface area (Å²) in [5.74, 6) is 0.249. The molecular formula is C27H28N2O2. The molecule has 0 unspecified atom stereocenters. The predicted molar refractivity (Wildman–Crippen MR) is 129 cm³/mol. The van der Waals surface area contributed by atoms with E-state index < -0.39 is 0 Å². The first kappa shape index (κ1) is 21.8. The van der Waals surface area contributed by atoms with Gasteiger partial charge in [-0.05, 0) is 77.4 Å². The van der Waals surface area contributed by atoms with Crippen LogP contribution in [-0.4, -0.2) is 10.2 Å². The molecule has 0 heterocycles. The minimum absolute atomic E-state index is 0.00525. The van der Waals surface area contributed by atoms with Crippen LogP contribution in [0.5, 0.6) is 5.75 Å². The van der Waals surface area contributed by atoms with Crippen LogP contribution in [0.15, 0.2) is 97.3 Å². The molecule has 0 radical (unpaired) electrons. The Balaban J connectivity index is 1.77. The number of anilines is 2. The Morgan fingerprint density at radius 2 is 1.29 bits per heavy atom. The zero-order valence-electron chi connectivity index (χ0n) is 17.5. The van der Waals surface area contributed by atoms with Crippen LogP contribution >= 0.6 is 0 Å². The summed E-state index contributed by atoms with van der Waals surface area (Å²) in [4.78, 5) is 0. The standard InChI is InChI=1S/C27H28N2O2/c1-18(3-4-19(2)30)13-23-16-21(7-11-26(23)28)14-22-8-12-27(29)24(17-22)15-20-5-9-25(31)10-6-20/h3-12,16-17,30-31H,1-2,13-15,28-29H2/b4-3-. The summed E-state index contributed by atoms with van der Waals surface area (Å²) in [5.41, 5.74) is 20.1. The van der Waals surface area contributed by atoms with Crippen molar-refractivity contribution in [3.05, 3.63) is 125 Å². The van der Waals surface area contributed by atoms with Crippen molar-refractivity contribution < 1.29 is 10.2 Å². The Morgan fingerprint density at radius 1 is 0.742 bits per heavy atom. The highest BCUT2D eigenvalue weighted by atomic mass is 16.3. The lowest BCUT2D eigenvalue weighted by Gasteiger charge is -2.12. The van der Waals surface area contributed by atoms with Crippen LogP contribution in [0.1, 0.15) is 27.8 Å². The zero-order valence-corrected chi connectivity index (χ0v) is 17.5. The molecule has 0 saturated heterocycles. The molecule has 0 amide bonds. The van der Waals surface area contributed by atoms with Gasteiger partial charge in [0.15, 0.2) is 0 Å². The highest BCUT2D eigenvalue weighted by Crippen LogP contribution is 2.24. The van der Waals surface area contributed by atoms with E-state index in [9.17, 15) is 10.2 Å². The maximum absolute atomic E-state index is 9.48. The van der Waals surface area contributed by atoms with Gasteiger partial charge in [0.25, 0.3) is 0 Å². The van der Waals surface area contributed by atoms with Crippen molar-refractivity contribution >= 4 is 11.4 Å². The monoisotopic (exact) mass is 412 g/mol. The Labute approximate surface area is 183 Å². The Bertz CT molecular complexity index is 1130. The van der Waals surface area contributed by atoms with E-state index in [1.807, 2.05) is 36.4 Å². The SMILES string of the molecule is C=C(O)/C=C\C(=C)Cc1cc(Cc2ccc(N)c(Cc3ccc(O)cc3)c2)ccc1N. The van der Waals surface area contributed by atoms with Crippen molar-refractivity contribution in [2.75, 3.05) is 11.5 Å². The molecule has 0 saturated carbocycles. The highest BCUT2D eigenvalue weighted by Gasteiger charge is 2.07. The molecule has 158 valence electrons. The van der Waals surface area contributed by atoms with E-state index in [4.69, 9.17) is 11.5 Å². The first-order valence-electron chi connectivity index (χ1n) is 10.1. The van der Waals surface area contributed by atoms with Gasteiger partial charge in [-0.25, -0.2) is 0 Å². The van der Waals surface area contributed by atoms with Gasteiger partial charge in [-0.2, -0.15) is 0 Å². The fourth-order valence-electron chi connectivity index (χ4n) is 3.43. The second kappa shape index (κ2) is 9.72. The third-order valence-electron chi connectivity index (χ3n) is 5.08. The lowest BCUT2D eigenvalue weighted by molar-refractivity contribution is 0.435. The van der Waals surface area contributed by atoms with E-state index in [0.717, 1.165) is 45.5 Å². The lowest BCUT2D eigenvalue weighted by atomic mass is 9.95. The third kappa shape index (κ3) is 6.28. The van der Waals surface area contributed by atoms with Crippen molar-refractivity contribution in [1.29, 1.82) is 0 Å². The quantitative estimate of drug-likeness (QED) is 0.224. The summed E-state index contributed by atoms with van der Waals surface area (Å²) >= 11 is 0. The number of aliphatic hydroxyl groups excluding tert-OH is 1. The van der Waals surface area contributed by atoms with Crippen LogP contribution in [0, 0.1) is 0 Å². The average molecular weight is 413 g/mol. The molecule has 4 nitrogen and oxygen atoms in total. The number of aromatic hydroxyl groups is 1. The van der Waals surface area contributed by atoms with Crippen molar-refractivity contribution in [3.63, 3.8) is 0 Å². The minimum Gasteiger partial charge on any atom is -0.509 e. The second-order valence-corrected chi connectivity index (χ2v) is 7.75. The van der Waals surface area contributed by atoms with E-state index >= 15 is 0 Å². The van der Waals surface area contributed by atoms with Gasteiger partial charge in [0.1, 0.15) is 11.5 Å². The molecule has 3 aromatic rings. The molecule has 3 aromatic carbocycles. The fraction of sp³-hybridized carbons (Fsp3) is 0.111. The molecule has 0 aliphatic carbocycles. The zero-order chi connectivity index (χ0) is 22.4. The highest BCUT2D eigenvalue weighted by molar-refractivity contribution is 5.54. The number of hydrogen-bond acceptors (Lipinski definition) is 4. The van der Waals surface area contributed by atoms with E-state index in [1.54, 1.807) is 18.2 Å². The van der Waals surface area contributed by atoms with Gasteiger partial charge in [0.2, 0.25) is 0 Å². The Kier molecular flexibility index (Phi) is 6.83. The number of hydrogen-bond donors (Lipinski definition) is 4.